The van der Waals surface area contributed by atoms with Crippen LogP contribution < -0.4 is 11.1 Å². The van der Waals surface area contributed by atoms with Crippen molar-refractivity contribution in [3.63, 3.8) is 0 Å². The number of aromatic nitrogens is 2. The normalized spacial score (nSPS) is 10.3. The molecule has 5 nitrogen and oxygen atoms in total. The molecule has 0 radical (unpaired) electrons. The second-order valence-electron chi connectivity index (χ2n) is 3.62. The zero-order valence-electron chi connectivity index (χ0n) is 9.61. The van der Waals surface area contributed by atoms with Crippen LogP contribution in [-0.2, 0) is 6.54 Å². The molecule has 0 aliphatic heterocycles. The van der Waals surface area contributed by atoms with E-state index in [9.17, 15) is 4.79 Å². The fourth-order valence-electron chi connectivity index (χ4n) is 1.39. The van der Waals surface area contributed by atoms with Gasteiger partial charge >= 0.3 is 0 Å². The predicted molar refractivity (Wildman–Crippen MR) is 71.7 cm³/mol. The van der Waals surface area contributed by atoms with Gasteiger partial charge in [-0.1, -0.05) is 11.6 Å². The van der Waals surface area contributed by atoms with E-state index in [0.29, 0.717) is 17.8 Å². The lowest BCUT2D eigenvalue weighted by molar-refractivity contribution is 0.0952. The van der Waals surface area contributed by atoms with Crippen LogP contribution in [0.25, 0.3) is 0 Å². The minimum atomic E-state index is -0.275. The first-order chi connectivity index (χ1) is 8.56. The highest BCUT2D eigenvalue weighted by molar-refractivity contribution is 7.11. The average Bonchev–Trinajstić information content (AvgIpc) is 2.75. The Kier molecular flexibility index (Phi) is 3.78. The SMILES string of the molecule is Cc1ncc(CNC(=O)c2cc(Cl)ncc2N)s1. The third kappa shape index (κ3) is 2.96. The maximum Gasteiger partial charge on any atom is 0.253 e. The molecule has 0 spiro atoms. The summed E-state index contributed by atoms with van der Waals surface area (Å²) in [6.07, 6.45) is 3.11. The number of anilines is 1. The highest BCUT2D eigenvalue weighted by Crippen LogP contribution is 2.15. The summed E-state index contributed by atoms with van der Waals surface area (Å²) >= 11 is 7.26. The van der Waals surface area contributed by atoms with Crippen molar-refractivity contribution in [1.29, 1.82) is 0 Å². The molecule has 18 heavy (non-hydrogen) atoms. The molecule has 7 heteroatoms. The number of halogens is 1. The fourth-order valence-corrected chi connectivity index (χ4v) is 2.28. The molecule has 2 aromatic rings. The third-order valence-electron chi connectivity index (χ3n) is 2.24. The van der Waals surface area contributed by atoms with Crippen molar-refractivity contribution in [1.82, 2.24) is 15.3 Å². The monoisotopic (exact) mass is 282 g/mol. The molecule has 0 saturated carbocycles. The number of amides is 1. The van der Waals surface area contributed by atoms with Gasteiger partial charge in [0.1, 0.15) is 5.15 Å². The van der Waals surface area contributed by atoms with E-state index in [1.54, 1.807) is 6.20 Å². The molecule has 0 aliphatic carbocycles. The van der Waals surface area contributed by atoms with Gasteiger partial charge in [-0.15, -0.1) is 11.3 Å². The van der Waals surface area contributed by atoms with E-state index in [1.807, 2.05) is 6.92 Å². The van der Waals surface area contributed by atoms with Gasteiger partial charge in [-0.05, 0) is 13.0 Å². The maximum atomic E-state index is 11.9. The second-order valence-corrected chi connectivity index (χ2v) is 5.33. The number of rotatable bonds is 3. The first-order valence-electron chi connectivity index (χ1n) is 5.17. The molecular formula is C11H11ClN4OS. The molecule has 0 bridgehead atoms. The summed E-state index contributed by atoms with van der Waals surface area (Å²) in [5.74, 6) is -0.275. The number of hydrogen-bond donors (Lipinski definition) is 2. The largest absolute Gasteiger partial charge is 0.397 e. The highest BCUT2D eigenvalue weighted by atomic mass is 35.5. The summed E-state index contributed by atoms with van der Waals surface area (Å²) in [5.41, 5.74) is 6.30. The Morgan fingerprint density at radius 1 is 1.50 bits per heavy atom. The zero-order chi connectivity index (χ0) is 13.1. The quantitative estimate of drug-likeness (QED) is 0.844. The van der Waals surface area contributed by atoms with E-state index < -0.39 is 0 Å². The van der Waals surface area contributed by atoms with Crippen LogP contribution in [0.3, 0.4) is 0 Å². The number of pyridine rings is 1. The van der Waals surface area contributed by atoms with Gasteiger partial charge in [0.25, 0.3) is 5.91 Å². The van der Waals surface area contributed by atoms with Gasteiger partial charge in [-0.25, -0.2) is 9.97 Å². The van der Waals surface area contributed by atoms with Crippen LogP contribution in [0, 0.1) is 6.92 Å². The average molecular weight is 283 g/mol. The van der Waals surface area contributed by atoms with E-state index in [-0.39, 0.29) is 11.1 Å². The van der Waals surface area contributed by atoms with Crippen molar-refractivity contribution < 1.29 is 4.79 Å². The summed E-state index contributed by atoms with van der Waals surface area (Å²) in [7, 11) is 0. The number of carbonyl (C=O) groups excluding carboxylic acids is 1. The van der Waals surface area contributed by atoms with Crippen LogP contribution >= 0.6 is 22.9 Å². The molecule has 0 aromatic carbocycles. The van der Waals surface area contributed by atoms with Gasteiger partial charge in [0.15, 0.2) is 0 Å². The van der Waals surface area contributed by atoms with Crippen LogP contribution in [0.5, 0.6) is 0 Å². The number of thiazole rings is 1. The van der Waals surface area contributed by atoms with Gasteiger partial charge in [0.05, 0.1) is 29.0 Å². The Hall–Kier alpha value is -1.66. The molecule has 2 heterocycles. The smallest absolute Gasteiger partial charge is 0.253 e. The number of aryl methyl sites for hydroxylation is 1. The van der Waals surface area contributed by atoms with E-state index in [2.05, 4.69) is 15.3 Å². The van der Waals surface area contributed by atoms with Gasteiger partial charge in [-0.2, -0.15) is 0 Å². The Labute approximate surface area is 113 Å². The standard InChI is InChI=1S/C11H11ClN4OS/c1-6-14-3-7(18-6)4-16-11(17)8-2-10(12)15-5-9(8)13/h2-3,5H,4,13H2,1H3,(H,16,17). The maximum absolute atomic E-state index is 11.9. The van der Waals surface area contributed by atoms with E-state index in [0.717, 1.165) is 9.88 Å². The lowest BCUT2D eigenvalue weighted by Gasteiger charge is -2.06. The van der Waals surface area contributed by atoms with Gasteiger partial charge in [0.2, 0.25) is 0 Å². The van der Waals surface area contributed by atoms with Crippen LogP contribution in [0.2, 0.25) is 5.15 Å². The first-order valence-corrected chi connectivity index (χ1v) is 6.36. The molecule has 1 amide bonds. The van der Waals surface area contributed by atoms with E-state index in [1.165, 1.54) is 23.6 Å². The number of carbonyl (C=O) groups is 1. The van der Waals surface area contributed by atoms with Crippen LogP contribution in [0.1, 0.15) is 20.2 Å². The van der Waals surface area contributed by atoms with Gasteiger partial charge in [-0.3, -0.25) is 4.79 Å². The molecule has 0 atom stereocenters. The van der Waals surface area contributed by atoms with Crippen LogP contribution in [0.15, 0.2) is 18.5 Å². The van der Waals surface area contributed by atoms with Gasteiger partial charge in [0, 0.05) is 11.1 Å². The van der Waals surface area contributed by atoms with Crippen molar-refractivity contribution >= 4 is 34.5 Å². The fraction of sp³-hybridized carbons (Fsp3) is 0.182. The number of nitrogens with two attached hydrogens (primary N) is 1. The molecule has 0 unspecified atom stereocenters. The van der Waals surface area contributed by atoms with E-state index >= 15 is 0 Å². The number of nitrogen functional groups attached to an aromatic ring is 1. The van der Waals surface area contributed by atoms with Crippen molar-refractivity contribution in [2.45, 2.75) is 13.5 Å². The lowest BCUT2D eigenvalue weighted by atomic mass is 10.2. The molecule has 2 rings (SSSR count). The zero-order valence-corrected chi connectivity index (χ0v) is 11.2. The van der Waals surface area contributed by atoms with Crippen LogP contribution in [-0.4, -0.2) is 15.9 Å². The summed E-state index contributed by atoms with van der Waals surface area (Å²) in [5, 5.41) is 3.96. The Morgan fingerprint density at radius 3 is 2.94 bits per heavy atom. The molecule has 0 aliphatic rings. The molecule has 3 N–H and O–H groups in total. The molecule has 94 valence electrons. The summed E-state index contributed by atoms with van der Waals surface area (Å²) in [6.45, 7) is 2.33. The summed E-state index contributed by atoms with van der Waals surface area (Å²) < 4.78 is 0. The predicted octanol–water partition coefficient (Wildman–Crippen LogP) is 2.01. The third-order valence-corrected chi connectivity index (χ3v) is 3.36. The first kappa shape index (κ1) is 12.8. The Bertz CT molecular complexity index is 584. The molecular weight excluding hydrogens is 272 g/mol. The Morgan fingerprint density at radius 2 is 2.28 bits per heavy atom. The summed E-state index contributed by atoms with van der Waals surface area (Å²) in [4.78, 5) is 20.8. The van der Waals surface area contributed by atoms with Crippen LogP contribution in [0.4, 0.5) is 5.69 Å². The van der Waals surface area contributed by atoms with Crippen molar-refractivity contribution in [3.05, 3.63) is 39.1 Å². The molecule has 2 aromatic heterocycles. The highest BCUT2D eigenvalue weighted by Gasteiger charge is 2.11. The number of hydrogen-bond acceptors (Lipinski definition) is 5. The summed E-state index contributed by atoms with van der Waals surface area (Å²) in [6, 6.07) is 1.45. The van der Waals surface area contributed by atoms with Crippen molar-refractivity contribution in [3.8, 4) is 0 Å². The molecule has 0 fully saturated rings. The lowest BCUT2D eigenvalue weighted by Crippen LogP contribution is -2.23. The minimum Gasteiger partial charge on any atom is -0.397 e. The van der Waals surface area contributed by atoms with Crippen molar-refractivity contribution in [2.75, 3.05) is 5.73 Å². The van der Waals surface area contributed by atoms with Crippen molar-refractivity contribution in [2.24, 2.45) is 0 Å². The Balaban J connectivity index is 2.05. The van der Waals surface area contributed by atoms with E-state index in [4.69, 9.17) is 17.3 Å². The number of nitrogens with zero attached hydrogens (tertiary/aromatic N) is 2. The topological polar surface area (TPSA) is 80.9 Å². The van der Waals surface area contributed by atoms with Gasteiger partial charge < -0.3 is 11.1 Å². The number of nitrogens with one attached hydrogen (secondary N) is 1. The molecule has 0 saturated heterocycles. The second kappa shape index (κ2) is 5.32. The minimum absolute atomic E-state index is 0.239.